The van der Waals surface area contributed by atoms with Crippen LogP contribution in [-0.2, 0) is 0 Å². The molecule has 2 aliphatic rings. The van der Waals surface area contributed by atoms with Crippen LogP contribution in [0.5, 0.6) is 0 Å². The molecule has 7 heteroatoms. The molecule has 1 saturated carbocycles. The zero-order chi connectivity index (χ0) is 12.9. The van der Waals surface area contributed by atoms with E-state index in [1.165, 1.54) is 19.3 Å². The number of nitrogens with zero attached hydrogens (tertiary/aromatic N) is 2. The number of aromatic nitrogens is 2. The summed E-state index contributed by atoms with van der Waals surface area (Å²) in [5.74, 6) is 2.04. The molecule has 2 aromatic heterocycles. The first-order valence-corrected chi connectivity index (χ1v) is 8.23. The van der Waals surface area contributed by atoms with Crippen LogP contribution in [0.3, 0.4) is 0 Å². The van der Waals surface area contributed by atoms with Crippen LogP contribution in [0.1, 0.15) is 31.1 Å². The van der Waals surface area contributed by atoms with Crippen LogP contribution >= 0.6 is 39.7 Å². The first-order valence-electron chi connectivity index (χ1n) is 6.56. The van der Waals surface area contributed by atoms with Gasteiger partial charge in [0.1, 0.15) is 0 Å². The average molecular weight is 377 g/mol. The van der Waals surface area contributed by atoms with Gasteiger partial charge in [-0.2, -0.15) is 4.98 Å². The normalized spacial score (nSPS) is 23.6. The predicted molar refractivity (Wildman–Crippen MR) is 84.5 cm³/mol. The Morgan fingerprint density at radius 1 is 1.40 bits per heavy atom. The maximum absolute atomic E-state index is 5.49. The Balaban J connectivity index is 0.00000121. The molecule has 3 heterocycles. The molecule has 108 valence electrons. The van der Waals surface area contributed by atoms with E-state index in [0.29, 0.717) is 11.3 Å². The highest BCUT2D eigenvalue weighted by molar-refractivity contribution is 9.10. The Hall–Kier alpha value is -0.430. The molecule has 4 rings (SSSR count). The van der Waals surface area contributed by atoms with Crippen molar-refractivity contribution in [2.75, 3.05) is 13.1 Å². The summed E-state index contributed by atoms with van der Waals surface area (Å²) < 4.78 is 6.56. The van der Waals surface area contributed by atoms with Crippen LogP contribution in [0, 0.1) is 5.41 Å². The SMILES string of the molecule is Brc1csc(-c2noc(C3CC34CCNCC4)n2)c1.Cl. The third-order valence-electron chi connectivity index (χ3n) is 4.32. The molecule has 4 nitrogen and oxygen atoms in total. The standard InChI is InChI=1S/C13H14BrN3OS.ClH/c14-8-5-10(19-7-8)11-16-12(18-17-11)9-6-13(9)1-3-15-4-2-13;/h5,7,9,15H,1-4,6H2;1H. The molecule has 1 aliphatic carbocycles. The Bertz CT molecular complexity index is 608. The van der Waals surface area contributed by atoms with Crippen molar-refractivity contribution in [2.45, 2.75) is 25.2 Å². The van der Waals surface area contributed by atoms with Crippen molar-refractivity contribution in [3.63, 3.8) is 0 Å². The summed E-state index contributed by atoms with van der Waals surface area (Å²) in [6.45, 7) is 2.24. The van der Waals surface area contributed by atoms with Crippen molar-refractivity contribution in [1.29, 1.82) is 0 Å². The molecule has 1 saturated heterocycles. The molecule has 1 aliphatic heterocycles. The van der Waals surface area contributed by atoms with Gasteiger partial charge >= 0.3 is 0 Å². The van der Waals surface area contributed by atoms with E-state index >= 15 is 0 Å². The van der Waals surface area contributed by atoms with E-state index in [0.717, 1.165) is 34.2 Å². The minimum Gasteiger partial charge on any atom is -0.339 e. The van der Waals surface area contributed by atoms with Crippen molar-refractivity contribution in [1.82, 2.24) is 15.5 Å². The fourth-order valence-electron chi connectivity index (χ4n) is 3.08. The van der Waals surface area contributed by atoms with E-state index in [-0.39, 0.29) is 12.4 Å². The first-order chi connectivity index (χ1) is 9.27. The minimum atomic E-state index is 0. The molecule has 20 heavy (non-hydrogen) atoms. The lowest BCUT2D eigenvalue weighted by Crippen LogP contribution is -2.29. The van der Waals surface area contributed by atoms with Crippen LogP contribution < -0.4 is 5.32 Å². The molecular formula is C13H15BrClN3OS. The van der Waals surface area contributed by atoms with Crippen LogP contribution in [-0.4, -0.2) is 23.2 Å². The first kappa shape index (κ1) is 14.5. The van der Waals surface area contributed by atoms with Gasteiger partial charge in [-0.15, -0.1) is 23.7 Å². The summed E-state index contributed by atoms with van der Waals surface area (Å²) in [6.07, 6.45) is 3.68. The number of hydrogen-bond acceptors (Lipinski definition) is 5. The predicted octanol–water partition coefficient (Wildman–Crippen LogP) is 3.84. The molecule has 1 N–H and O–H groups in total. The third-order valence-corrected chi connectivity index (χ3v) is 6.00. The summed E-state index contributed by atoms with van der Waals surface area (Å²) in [5, 5.41) is 9.58. The highest BCUT2D eigenvalue weighted by atomic mass is 79.9. The molecule has 0 amide bonds. The van der Waals surface area contributed by atoms with Crippen molar-refractivity contribution in [3.05, 3.63) is 21.8 Å². The van der Waals surface area contributed by atoms with Gasteiger partial charge < -0.3 is 9.84 Å². The summed E-state index contributed by atoms with van der Waals surface area (Å²) in [6, 6.07) is 2.03. The lowest BCUT2D eigenvalue weighted by molar-refractivity contribution is 0.311. The van der Waals surface area contributed by atoms with E-state index in [1.54, 1.807) is 11.3 Å². The number of nitrogens with one attached hydrogen (secondary N) is 1. The lowest BCUT2D eigenvalue weighted by Gasteiger charge is -2.22. The smallest absolute Gasteiger partial charge is 0.230 e. The van der Waals surface area contributed by atoms with E-state index in [2.05, 4.69) is 31.4 Å². The molecule has 0 bridgehead atoms. The molecule has 1 atom stereocenters. The number of rotatable bonds is 2. The van der Waals surface area contributed by atoms with Gasteiger partial charge in [-0.1, -0.05) is 5.16 Å². The number of piperidine rings is 1. The lowest BCUT2D eigenvalue weighted by atomic mass is 9.92. The summed E-state index contributed by atoms with van der Waals surface area (Å²) in [7, 11) is 0. The number of halogens is 2. The minimum absolute atomic E-state index is 0. The van der Waals surface area contributed by atoms with E-state index in [1.807, 2.05) is 11.4 Å². The second-order valence-electron chi connectivity index (χ2n) is 5.45. The topological polar surface area (TPSA) is 51.0 Å². The van der Waals surface area contributed by atoms with Crippen LogP contribution in [0.2, 0.25) is 0 Å². The quantitative estimate of drug-likeness (QED) is 0.865. The van der Waals surface area contributed by atoms with Crippen molar-refractivity contribution < 1.29 is 4.52 Å². The maximum atomic E-state index is 5.49. The number of thiophene rings is 1. The molecular weight excluding hydrogens is 362 g/mol. The Kier molecular flexibility index (Phi) is 3.92. The van der Waals surface area contributed by atoms with E-state index in [4.69, 9.17) is 4.52 Å². The molecule has 1 spiro atoms. The van der Waals surface area contributed by atoms with Gasteiger partial charge in [-0.05, 0) is 59.8 Å². The summed E-state index contributed by atoms with van der Waals surface area (Å²) >= 11 is 5.09. The Morgan fingerprint density at radius 3 is 2.90 bits per heavy atom. The fourth-order valence-corrected chi connectivity index (χ4v) is 4.43. The highest BCUT2D eigenvalue weighted by Gasteiger charge is 2.57. The highest BCUT2D eigenvalue weighted by Crippen LogP contribution is 2.63. The van der Waals surface area contributed by atoms with Gasteiger partial charge in [-0.25, -0.2) is 0 Å². The van der Waals surface area contributed by atoms with Crippen LogP contribution in [0.15, 0.2) is 20.4 Å². The van der Waals surface area contributed by atoms with E-state index < -0.39 is 0 Å². The number of hydrogen-bond donors (Lipinski definition) is 1. The molecule has 1 unspecified atom stereocenters. The van der Waals surface area contributed by atoms with Crippen molar-refractivity contribution >= 4 is 39.7 Å². The zero-order valence-corrected chi connectivity index (χ0v) is 14.0. The van der Waals surface area contributed by atoms with Gasteiger partial charge in [0.2, 0.25) is 11.7 Å². The molecule has 0 radical (unpaired) electrons. The zero-order valence-electron chi connectivity index (χ0n) is 10.8. The maximum Gasteiger partial charge on any atom is 0.230 e. The largest absolute Gasteiger partial charge is 0.339 e. The second-order valence-corrected chi connectivity index (χ2v) is 7.28. The van der Waals surface area contributed by atoms with Gasteiger partial charge in [0.15, 0.2) is 0 Å². The van der Waals surface area contributed by atoms with Gasteiger partial charge in [0, 0.05) is 15.8 Å². The van der Waals surface area contributed by atoms with Crippen LogP contribution in [0.25, 0.3) is 10.7 Å². The van der Waals surface area contributed by atoms with E-state index in [9.17, 15) is 0 Å². The van der Waals surface area contributed by atoms with Crippen molar-refractivity contribution in [3.8, 4) is 10.7 Å². The second kappa shape index (κ2) is 5.40. The van der Waals surface area contributed by atoms with Crippen LogP contribution in [0.4, 0.5) is 0 Å². The van der Waals surface area contributed by atoms with Gasteiger partial charge in [-0.3, -0.25) is 0 Å². The summed E-state index contributed by atoms with van der Waals surface area (Å²) in [4.78, 5) is 5.65. The Labute approximate surface area is 135 Å². The van der Waals surface area contributed by atoms with Crippen molar-refractivity contribution in [2.24, 2.45) is 5.41 Å². The molecule has 2 aromatic rings. The fraction of sp³-hybridized carbons (Fsp3) is 0.538. The van der Waals surface area contributed by atoms with Gasteiger partial charge in [0.25, 0.3) is 0 Å². The molecule has 0 aromatic carbocycles. The Morgan fingerprint density at radius 2 is 2.20 bits per heavy atom. The third kappa shape index (κ3) is 2.43. The summed E-state index contributed by atoms with van der Waals surface area (Å²) in [5.41, 5.74) is 0.449. The molecule has 2 fully saturated rings. The van der Waals surface area contributed by atoms with Gasteiger partial charge in [0.05, 0.1) is 4.88 Å². The monoisotopic (exact) mass is 375 g/mol. The average Bonchev–Trinajstić information content (AvgIpc) is 2.85.